The fraction of sp³-hybridized carbons (Fsp3) is 1.00. The second-order valence-electron chi connectivity index (χ2n) is 4.72. The molecule has 0 radical (unpaired) electrons. The van der Waals surface area contributed by atoms with Gasteiger partial charge in [0, 0.05) is 18.1 Å². The van der Waals surface area contributed by atoms with Crippen LogP contribution in [0.4, 0.5) is 13.2 Å². The second-order valence-corrected chi connectivity index (χ2v) is 4.72. The van der Waals surface area contributed by atoms with Crippen LogP contribution in [0.15, 0.2) is 0 Å². The van der Waals surface area contributed by atoms with Gasteiger partial charge in [-0.2, -0.15) is 13.2 Å². The second kappa shape index (κ2) is 4.70. The molecule has 1 aliphatic carbocycles. The molecular weight excluding hydrogens is 205 g/mol. The smallest absolute Gasteiger partial charge is 0.328 e. The first-order chi connectivity index (χ1) is 6.79. The molecule has 0 bridgehead atoms. The van der Waals surface area contributed by atoms with Crippen molar-refractivity contribution in [3.8, 4) is 0 Å². The predicted octanol–water partition coefficient (Wildman–Crippen LogP) is 2.04. The normalized spacial score (nSPS) is 33.4. The summed E-state index contributed by atoms with van der Waals surface area (Å²) < 4.78 is 37.6. The number of nitrogens with one attached hydrogen (secondary N) is 1. The molecule has 0 amide bonds. The van der Waals surface area contributed by atoms with Gasteiger partial charge in [0.1, 0.15) is 0 Å². The molecule has 15 heavy (non-hydrogen) atoms. The van der Waals surface area contributed by atoms with Gasteiger partial charge >= 0.3 is 6.18 Å². The largest absolute Gasteiger partial charge is 0.391 e. The Morgan fingerprint density at radius 2 is 1.80 bits per heavy atom. The molecule has 0 saturated heterocycles. The van der Waals surface area contributed by atoms with Crippen LogP contribution in [0.3, 0.4) is 0 Å². The van der Waals surface area contributed by atoms with Gasteiger partial charge in [0.15, 0.2) is 0 Å². The standard InChI is InChI=1S/C10H19F3N2/c1-6(2)15-9-4-7(10(11,12)13)3-8(14)5-9/h6-9,15H,3-5,14H2,1-2H3. The fourth-order valence-corrected chi connectivity index (χ4v) is 2.24. The van der Waals surface area contributed by atoms with E-state index in [0.717, 1.165) is 0 Å². The zero-order valence-electron chi connectivity index (χ0n) is 9.14. The van der Waals surface area contributed by atoms with Crippen molar-refractivity contribution < 1.29 is 13.2 Å². The van der Waals surface area contributed by atoms with E-state index in [4.69, 9.17) is 5.73 Å². The highest BCUT2D eigenvalue weighted by molar-refractivity contribution is 4.88. The lowest BCUT2D eigenvalue weighted by molar-refractivity contribution is -0.185. The van der Waals surface area contributed by atoms with E-state index in [9.17, 15) is 13.2 Å². The van der Waals surface area contributed by atoms with Gasteiger partial charge < -0.3 is 11.1 Å². The topological polar surface area (TPSA) is 38.0 Å². The molecule has 1 rings (SSSR count). The summed E-state index contributed by atoms with van der Waals surface area (Å²) in [5, 5.41) is 3.13. The van der Waals surface area contributed by atoms with Crippen molar-refractivity contribution in [3.05, 3.63) is 0 Å². The van der Waals surface area contributed by atoms with E-state index in [1.807, 2.05) is 13.8 Å². The summed E-state index contributed by atoms with van der Waals surface area (Å²) in [5.41, 5.74) is 5.65. The summed E-state index contributed by atoms with van der Waals surface area (Å²) in [6.07, 6.45) is -3.23. The maximum atomic E-state index is 12.5. The molecule has 0 heterocycles. The molecular formula is C10H19F3N2. The average molecular weight is 224 g/mol. The van der Waals surface area contributed by atoms with Crippen molar-refractivity contribution in [2.75, 3.05) is 0 Å². The van der Waals surface area contributed by atoms with Crippen LogP contribution in [0.2, 0.25) is 0 Å². The first-order valence-electron chi connectivity index (χ1n) is 5.37. The number of rotatable bonds is 2. The highest BCUT2D eigenvalue weighted by Crippen LogP contribution is 2.37. The molecule has 0 aromatic carbocycles. The van der Waals surface area contributed by atoms with Crippen molar-refractivity contribution in [2.45, 2.75) is 57.4 Å². The van der Waals surface area contributed by atoms with Crippen LogP contribution in [0.1, 0.15) is 33.1 Å². The number of hydrogen-bond donors (Lipinski definition) is 2. The molecule has 0 spiro atoms. The third-order valence-corrected chi connectivity index (χ3v) is 2.78. The number of halogens is 3. The van der Waals surface area contributed by atoms with Gasteiger partial charge in [-0.25, -0.2) is 0 Å². The Labute approximate surface area is 88.4 Å². The SMILES string of the molecule is CC(C)NC1CC(N)CC(C(F)(F)F)C1. The summed E-state index contributed by atoms with van der Waals surface area (Å²) >= 11 is 0. The molecule has 0 aromatic heterocycles. The van der Waals surface area contributed by atoms with Crippen LogP contribution in [-0.2, 0) is 0 Å². The van der Waals surface area contributed by atoms with Gasteiger partial charge in [0.25, 0.3) is 0 Å². The molecule has 3 N–H and O–H groups in total. The van der Waals surface area contributed by atoms with Crippen molar-refractivity contribution in [1.82, 2.24) is 5.32 Å². The Kier molecular flexibility index (Phi) is 4.00. The van der Waals surface area contributed by atoms with Gasteiger partial charge in [-0.1, -0.05) is 13.8 Å². The van der Waals surface area contributed by atoms with Crippen LogP contribution >= 0.6 is 0 Å². The van der Waals surface area contributed by atoms with E-state index >= 15 is 0 Å². The predicted molar refractivity (Wildman–Crippen MR) is 53.4 cm³/mol. The van der Waals surface area contributed by atoms with Gasteiger partial charge in [-0.3, -0.25) is 0 Å². The van der Waals surface area contributed by atoms with E-state index in [1.54, 1.807) is 0 Å². The van der Waals surface area contributed by atoms with E-state index in [2.05, 4.69) is 5.32 Å². The summed E-state index contributed by atoms with van der Waals surface area (Å²) in [4.78, 5) is 0. The minimum Gasteiger partial charge on any atom is -0.328 e. The zero-order valence-corrected chi connectivity index (χ0v) is 9.14. The molecule has 0 aliphatic heterocycles. The lowest BCUT2D eigenvalue weighted by Gasteiger charge is -2.35. The van der Waals surface area contributed by atoms with E-state index < -0.39 is 12.1 Å². The lowest BCUT2D eigenvalue weighted by atomic mass is 9.82. The van der Waals surface area contributed by atoms with Crippen LogP contribution in [0.5, 0.6) is 0 Å². The first kappa shape index (κ1) is 12.8. The molecule has 90 valence electrons. The molecule has 1 aliphatic rings. The van der Waals surface area contributed by atoms with Crippen molar-refractivity contribution in [1.29, 1.82) is 0 Å². The Morgan fingerprint density at radius 1 is 1.20 bits per heavy atom. The van der Waals surface area contributed by atoms with Gasteiger partial charge in [0.2, 0.25) is 0 Å². The molecule has 1 saturated carbocycles. The maximum Gasteiger partial charge on any atom is 0.391 e. The molecule has 3 atom stereocenters. The van der Waals surface area contributed by atoms with Crippen molar-refractivity contribution in [3.63, 3.8) is 0 Å². The third kappa shape index (κ3) is 3.99. The fourth-order valence-electron chi connectivity index (χ4n) is 2.24. The molecule has 1 fully saturated rings. The zero-order chi connectivity index (χ0) is 11.6. The molecule has 2 nitrogen and oxygen atoms in total. The highest BCUT2D eigenvalue weighted by atomic mass is 19.4. The Balaban J connectivity index is 2.56. The van der Waals surface area contributed by atoms with E-state index in [0.29, 0.717) is 6.42 Å². The van der Waals surface area contributed by atoms with Crippen LogP contribution in [-0.4, -0.2) is 24.3 Å². The number of hydrogen-bond acceptors (Lipinski definition) is 2. The number of alkyl halides is 3. The summed E-state index contributed by atoms with van der Waals surface area (Å²) in [7, 11) is 0. The maximum absolute atomic E-state index is 12.5. The van der Waals surface area contributed by atoms with Crippen molar-refractivity contribution >= 4 is 0 Å². The van der Waals surface area contributed by atoms with Crippen LogP contribution in [0, 0.1) is 5.92 Å². The Bertz CT molecular complexity index is 201. The van der Waals surface area contributed by atoms with Gasteiger partial charge in [-0.15, -0.1) is 0 Å². The minimum absolute atomic E-state index is 0.0692. The van der Waals surface area contributed by atoms with Gasteiger partial charge in [0.05, 0.1) is 5.92 Å². The van der Waals surface area contributed by atoms with Crippen LogP contribution < -0.4 is 11.1 Å². The summed E-state index contributed by atoms with van der Waals surface area (Å²) in [6.45, 7) is 3.87. The summed E-state index contributed by atoms with van der Waals surface area (Å²) in [5.74, 6) is -1.24. The van der Waals surface area contributed by atoms with E-state index in [-0.39, 0.29) is 31.0 Å². The number of nitrogens with two attached hydrogens (primary N) is 1. The molecule has 5 heteroatoms. The lowest BCUT2D eigenvalue weighted by Crippen LogP contribution is -2.48. The van der Waals surface area contributed by atoms with Crippen molar-refractivity contribution in [2.24, 2.45) is 11.7 Å². The highest BCUT2D eigenvalue weighted by Gasteiger charge is 2.44. The molecule has 3 unspecified atom stereocenters. The van der Waals surface area contributed by atoms with Crippen LogP contribution in [0.25, 0.3) is 0 Å². The first-order valence-corrected chi connectivity index (χ1v) is 5.37. The molecule has 0 aromatic rings. The third-order valence-electron chi connectivity index (χ3n) is 2.78. The minimum atomic E-state index is -4.10. The average Bonchev–Trinajstić information content (AvgIpc) is 1.99. The monoisotopic (exact) mass is 224 g/mol. The Morgan fingerprint density at radius 3 is 2.27 bits per heavy atom. The Hall–Kier alpha value is -0.290. The van der Waals surface area contributed by atoms with E-state index in [1.165, 1.54) is 0 Å². The quantitative estimate of drug-likeness (QED) is 0.753. The van der Waals surface area contributed by atoms with Gasteiger partial charge in [-0.05, 0) is 19.3 Å². The summed E-state index contributed by atoms with van der Waals surface area (Å²) in [6, 6.07) is -0.226.